The number of nitrogens with zero attached hydrogens (tertiary/aromatic N) is 1. The van der Waals surface area contributed by atoms with E-state index < -0.39 is 23.8 Å². The summed E-state index contributed by atoms with van der Waals surface area (Å²) in [5.41, 5.74) is 1.36. The summed E-state index contributed by atoms with van der Waals surface area (Å²) in [6, 6.07) is 8.58. The van der Waals surface area contributed by atoms with Crippen LogP contribution in [0.5, 0.6) is 0 Å². The lowest BCUT2D eigenvalue weighted by Gasteiger charge is -2.21. The lowest BCUT2D eigenvalue weighted by molar-refractivity contribution is -0.132. The van der Waals surface area contributed by atoms with Gasteiger partial charge in [0.05, 0.1) is 6.04 Å². The summed E-state index contributed by atoms with van der Waals surface area (Å²) < 4.78 is 0. The van der Waals surface area contributed by atoms with Crippen LogP contribution in [-0.4, -0.2) is 23.6 Å². The lowest BCUT2D eigenvalue weighted by atomic mass is 10.00. The molecule has 1 aromatic carbocycles. The zero-order valence-corrected chi connectivity index (χ0v) is 11.2. The minimum atomic E-state index is -1.06. The van der Waals surface area contributed by atoms with Crippen LogP contribution in [0.1, 0.15) is 25.5 Å². The molecular weight excluding hydrogens is 258 g/mol. The number of nitrogens with one attached hydrogen (secondary N) is 2. The molecule has 0 aromatic heterocycles. The summed E-state index contributed by atoms with van der Waals surface area (Å²) in [6.45, 7) is 3.49. The number of hydrogen-bond donors (Lipinski definition) is 2. The number of urea groups is 1. The Balaban J connectivity index is 2.20. The van der Waals surface area contributed by atoms with Gasteiger partial charge in [0, 0.05) is 5.71 Å². The van der Waals surface area contributed by atoms with Gasteiger partial charge in [-0.05, 0) is 19.4 Å². The quantitative estimate of drug-likeness (QED) is 0.640. The van der Waals surface area contributed by atoms with Crippen LogP contribution < -0.4 is 10.6 Å². The van der Waals surface area contributed by atoms with Crippen LogP contribution >= 0.6 is 0 Å². The highest BCUT2D eigenvalue weighted by Gasteiger charge is 2.36. The fourth-order valence-electron chi connectivity index (χ4n) is 2.08. The third kappa shape index (κ3) is 2.90. The number of benzene rings is 1. The zero-order chi connectivity index (χ0) is 14.7. The molecule has 6 heteroatoms. The van der Waals surface area contributed by atoms with Crippen LogP contribution in [0.25, 0.3) is 0 Å². The predicted molar refractivity (Wildman–Crippen MR) is 73.1 cm³/mol. The largest absolute Gasteiger partial charge is 0.328 e. The van der Waals surface area contributed by atoms with Gasteiger partial charge in [0.15, 0.2) is 5.92 Å². The molecule has 2 rings (SSSR count). The first-order chi connectivity index (χ1) is 9.49. The van der Waals surface area contributed by atoms with Crippen LogP contribution in [-0.2, 0) is 9.59 Å². The molecule has 2 N–H and O–H groups in total. The fourth-order valence-corrected chi connectivity index (χ4v) is 2.08. The van der Waals surface area contributed by atoms with E-state index in [-0.39, 0.29) is 6.04 Å². The van der Waals surface area contributed by atoms with E-state index in [1.807, 2.05) is 37.3 Å². The number of barbiturate groups is 1. The Morgan fingerprint density at radius 3 is 2.20 bits per heavy atom. The average molecular weight is 273 g/mol. The van der Waals surface area contributed by atoms with Gasteiger partial charge in [-0.25, -0.2) is 4.79 Å². The van der Waals surface area contributed by atoms with Crippen LogP contribution in [0, 0.1) is 5.92 Å². The van der Waals surface area contributed by atoms with Crippen molar-refractivity contribution in [1.29, 1.82) is 0 Å². The summed E-state index contributed by atoms with van der Waals surface area (Å²) in [5, 5.41) is 4.13. The number of amides is 4. The van der Waals surface area contributed by atoms with Crippen LogP contribution in [0.15, 0.2) is 35.3 Å². The molecule has 104 valence electrons. The second-order valence-electron chi connectivity index (χ2n) is 4.60. The van der Waals surface area contributed by atoms with Gasteiger partial charge in [-0.3, -0.25) is 25.2 Å². The van der Waals surface area contributed by atoms with Crippen molar-refractivity contribution >= 4 is 23.6 Å². The summed E-state index contributed by atoms with van der Waals surface area (Å²) in [5.74, 6) is -2.33. The molecule has 1 heterocycles. The molecule has 0 spiro atoms. The molecule has 1 saturated heterocycles. The first kappa shape index (κ1) is 13.9. The highest BCUT2D eigenvalue weighted by Crippen LogP contribution is 2.18. The molecule has 1 atom stereocenters. The Labute approximate surface area is 116 Å². The number of carbonyl (C=O) groups excluding carboxylic acids is 3. The van der Waals surface area contributed by atoms with Crippen molar-refractivity contribution in [2.45, 2.75) is 19.9 Å². The minimum absolute atomic E-state index is 0.172. The van der Waals surface area contributed by atoms with E-state index in [1.165, 1.54) is 0 Å². The van der Waals surface area contributed by atoms with Crippen molar-refractivity contribution in [2.75, 3.05) is 0 Å². The van der Waals surface area contributed by atoms with E-state index in [1.54, 1.807) is 6.92 Å². The van der Waals surface area contributed by atoms with Crippen molar-refractivity contribution < 1.29 is 14.4 Å². The van der Waals surface area contributed by atoms with Gasteiger partial charge in [0.2, 0.25) is 11.8 Å². The zero-order valence-electron chi connectivity index (χ0n) is 11.2. The molecule has 0 aliphatic carbocycles. The van der Waals surface area contributed by atoms with Crippen LogP contribution in [0.4, 0.5) is 4.79 Å². The third-order valence-corrected chi connectivity index (χ3v) is 3.09. The van der Waals surface area contributed by atoms with E-state index in [0.717, 1.165) is 5.56 Å². The molecule has 0 saturated carbocycles. The second kappa shape index (κ2) is 5.64. The van der Waals surface area contributed by atoms with Crippen molar-refractivity contribution in [1.82, 2.24) is 10.6 Å². The predicted octanol–water partition coefficient (Wildman–Crippen LogP) is 1.19. The molecule has 0 radical (unpaired) electrons. The molecular formula is C14H15N3O3. The number of imide groups is 2. The Hall–Kier alpha value is -2.50. The van der Waals surface area contributed by atoms with Crippen LogP contribution in [0.3, 0.4) is 0 Å². The normalized spacial score (nSPS) is 18.5. The molecule has 0 bridgehead atoms. The number of rotatable bonds is 3. The maximum absolute atomic E-state index is 11.7. The number of hydrogen-bond acceptors (Lipinski definition) is 4. The van der Waals surface area contributed by atoms with Gasteiger partial charge in [-0.2, -0.15) is 0 Å². The maximum atomic E-state index is 11.7. The standard InChI is InChI=1S/C14H15N3O3/c1-8(10-6-4-3-5-7-10)15-9(2)11-12(18)16-14(20)17-13(11)19/h3-8,11H,1-2H3,(H2,16,17,18,19,20)/t8-/m1/s1. The van der Waals surface area contributed by atoms with Gasteiger partial charge >= 0.3 is 6.03 Å². The Kier molecular flexibility index (Phi) is 3.93. The summed E-state index contributed by atoms with van der Waals surface area (Å²) in [7, 11) is 0. The van der Waals surface area contributed by atoms with Gasteiger partial charge < -0.3 is 0 Å². The van der Waals surface area contributed by atoms with Crippen molar-refractivity contribution in [2.24, 2.45) is 10.9 Å². The molecule has 1 aromatic rings. The molecule has 0 unspecified atom stereocenters. The van der Waals surface area contributed by atoms with Gasteiger partial charge in [0.1, 0.15) is 0 Å². The number of aliphatic imine (C=N–C) groups is 1. The van der Waals surface area contributed by atoms with Crippen molar-refractivity contribution in [3.8, 4) is 0 Å². The molecule has 1 fully saturated rings. The second-order valence-corrected chi connectivity index (χ2v) is 4.60. The van der Waals surface area contributed by atoms with Gasteiger partial charge in [-0.15, -0.1) is 0 Å². The van der Waals surface area contributed by atoms with Gasteiger partial charge in [-0.1, -0.05) is 30.3 Å². The first-order valence-electron chi connectivity index (χ1n) is 6.24. The van der Waals surface area contributed by atoms with E-state index in [2.05, 4.69) is 15.6 Å². The third-order valence-electron chi connectivity index (χ3n) is 3.09. The topological polar surface area (TPSA) is 87.6 Å². The summed E-state index contributed by atoms with van der Waals surface area (Å²) >= 11 is 0. The Morgan fingerprint density at radius 2 is 1.65 bits per heavy atom. The highest BCUT2D eigenvalue weighted by atomic mass is 16.2. The van der Waals surface area contributed by atoms with E-state index in [9.17, 15) is 14.4 Å². The van der Waals surface area contributed by atoms with Crippen LogP contribution in [0.2, 0.25) is 0 Å². The Bertz CT molecular complexity index is 561. The molecule has 4 amide bonds. The summed E-state index contributed by atoms with van der Waals surface area (Å²) in [6.07, 6.45) is 0. The lowest BCUT2D eigenvalue weighted by Crippen LogP contribution is -2.57. The maximum Gasteiger partial charge on any atom is 0.328 e. The summed E-state index contributed by atoms with van der Waals surface area (Å²) in [4.78, 5) is 38.8. The van der Waals surface area contributed by atoms with Crippen molar-refractivity contribution in [3.63, 3.8) is 0 Å². The fraction of sp³-hybridized carbons (Fsp3) is 0.286. The van der Waals surface area contributed by atoms with E-state index >= 15 is 0 Å². The minimum Gasteiger partial charge on any atom is -0.285 e. The molecule has 20 heavy (non-hydrogen) atoms. The highest BCUT2D eigenvalue weighted by molar-refractivity contribution is 6.27. The SMILES string of the molecule is CC(=N[C@H](C)c1ccccc1)C1C(=O)NC(=O)NC1=O. The van der Waals surface area contributed by atoms with E-state index in [4.69, 9.17) is 0 Å². The van der Waals surface area contributed by atoms with Gasteiger partial charge in [0.25, 0.3) is 0 Å². The average Bonchev–Trinajstić information content (AvgIpc) is 2.38. The van der Waals surface area contributed by atoms with E-state index in [0.29, 0.717) is 5.71 Å². The molecule has 6 nitrogen and oxygen atoms in total. The monoisotopic (exact) mass is 273 g/mol. The van der Waals surface area contributed by atoms with Crippen molar-refractivity contribution in [3.05, 3.63) is 35.9 Å². The first-order valence-corrected chi connectivity index (χ1v) is 6.24. The Morgan fingerprint density at radius 1 is 1.10 bits per heavy atom. The molecule has 1 aliphatic heterocycles. The number of carbonyl (C=O) groups is 3. The smallest absolute Gasteiger partial charge is 0.285 e. The molecule has 1 aliphatic rings.